The molecule has 1 amide bonds. The third-order valence-corrected chi connectivity index (χ3v) is 6.54. The third kappa shape index (κ3) is 4.28. The average Bonchev–Trinajstić information content (AvgIpc) is 3.29. The number of aromatic nitrogens is 4. The normalized spacial score (nSPS) is 14.1. The fraction of sp³-hybridized carbons (Fsp3) is 0.280. The van der Waals surface area contributed by atoms with Crippen LogP contribution in [0.5, 0.6) is 0 Å². The molecule has 0 bridgehead atoms. The molecule has 0 aliphatic carbocycles. The largest absolute Gasteiger partial charge is 0.367 e. The van der Waals surface area contributed by atoms with Crippen LogP contribution in [0.2, 0.25) is 5.02 Å². The van der Waals surface area contributed by atoms with E-state index in [0.717, 1.165) is 35.1 Å². The summed E-state index contributed by atoms with van der Waals surface area (Å²) < 4.78 is 3.14. The van der Waals surface area contributed by atoms with Crippen molar-refractivity contribution in [2.24, 2.45) is 0 Å². The van der Waals surface area contributed by atoms with E-state index in [2.05, 4.69) is 15.0 Å². The molecule has 2 aromatic carbocycles. The van der Waals surface area contributed by atoms with Gasteiger partial charge in [0.1, 0.15) is 5.39 Å². The van der Waals surface area contributed by atoms with Crippen molar-refractivity contribution in [1.82, 2.24) is 24.2 Å². The molecule has 34 heavy (non-hydrogen) atoms. The SMILES string of the molecule is Cc1ccc(-n2ncc3c(=O)n(CCC(=O)N4CCN(c5ccccc5Cl)CC4)cnc32)cc1. The number of benzene rings is 2. The topological polar surface area (TPSA) is 76.3 Å². The molecule has 1 saturated heterocycles. The van der Waals surface area contributed by atoms with Gasteiger partial charge >= 0.3 is 0 Å². The van der Waals surface area contributed by atoms with E-state index in [9.17, 15) is 9.59 Å². The van der Waals surface area contributed by atoms with E-state index in [0.29, 0.717) is 24.1 Å². The first-order valence-electron chi connectivity index (χ1n) is 11.3. The van der Waals surface area contributed by atoms with E-state index >= 15 is 0 Å². The maximum absolute atomic E-state index is 13.0. The van der Waals surface area contributed by atoms with E-state index in [1.54, 1.807) is 4.68 Å². The minimum atomic E-state index is -0.195. The number of piperazine rings is 1. The number of anilines is 1. The number of rotatable bonds is 5. The zero-order valence-corrected chi connectivity index (χ0v) is 19.6. The first-order chi connectivity index (χ1) is 16.5. The van der Waals surface area contributed by atoms with Crippen molar-refractivity contribution in [1.29, 1.82) is 0 Å². The summed E-state index contributed by atoms with van der Waals surface area (Å²) in [6, 6.07) is 15.6. The summed E-state index contributed by atoms with van der Waals surface area (Å²) in [6.45, 7) is 4.99. The highest BCUT2D eigenvalue weighted by Crippen LogP contribution is 2.26. The highest BCUT2D eigenvalue weighted by atomic mass is 35.5. The number of carbonyl (C=O) groups excluding carboxylic acids is 1. The molecule has 1 aliphatic rings. The maximum atomic E-state index is 13.0. The Labute approximate surface area is 202 Å². The molecule has 0 N–H and O–H groups in total. The molecule has 0 atom stereocenters. The molecule has 4 aromatic rings. The van der Waals surface area contributed by atoms with Gasteiger partial charge in [-0.05, 0) is 31.2 Å². The lowest BCUT2D eigenvalue weighted by Crippen LogP contribution is -2.49. The molecule has 2 aromatic heterocycles. The zero-order chi connectivity index (χ0) is 23.7. The number of amides is 1. The number of hydrogen-bond donors (Lipinski definition) is 0. The molecule has 1 aliphatic heterocycles. The number of nitrogens with zero attached hydrogens (tertiary/aromatic N) is 6. The summed E-state index contributed by atoms with van der Waals surface area (Å²) in [5.41, 5.74) is 3.29. The molecule has 3 heterocycles. The lowest BCUT2D eigenvalue weighted by molar-refractivity contribution is -0.131. The van der Waals surface area contributed by atoms with E-state index in [1.807, 2.05) is 60.4 Å². The highest BCUT2D eigenvalue weighted by Gasteiger charge is 2.22. The molecule has 1 fully saturated rings. The fourth-order valence-electron chi connectivity index (χ4n) is 4.26. The summed E-state index contributed by atoms with van der Waals surface area (Å²) in [4.78, 5) is 34.3. The molecule has 5 rings (SSSR count). The van der Waals surface area contributed by atoms with E-state index in [4.69, 9.17) is 11.6 Å². The Morgan fingerprint density at radius 2 is 1.76 bits per heavy atom. The van der Waals surface area contributed by atoms with Crippen LogP contribution in [0.15, 0.2) is 65.8 Å². The molecular formula is C25H25ClN6O2. The van der Waals surface area contributed by atoms with Gasteiger partial charge in [-0.1, -0.05) is 41.4 Å². The van der Waals surface area contributed by atoms with Crippen LogP contribution < -0.4 is 10.5 Å². The maximum Gasteiger partial charge on any atom is 0.264 e. The first-order valence-corrected chi connectivity index (χ1v) is 11.7. The highest BCUT2D eigenvalue weighted by molar-refractivity contribution is 6.33. The van der Waals surface area contributed by atoms with Gasteiger partial charge in [-0.15, -0.1) is 0 Å². The third-order valence-electron chi connectivity index (χ3n) is 6.23. The zero-order valence-electron chi connectivity index (χ0n) is 18.9. The summed E-state index contributed by atoms with van der Waals surface area (Å²) >= 11 is 6.31. The van der Waals surface area contributed by atoms with Crippen LogP contribution in [0.3, 0.4) is 0 Å². The number of carbonyl (C=O) groups is 1. The lowest BCUT2D eigenvalue weighted by atomic mass is 10.2. The Morgan fingerprint density at radius 1 is 1.03 bits per heavy atom. The predicted molar refractivity (Wildman–Crippen MR) is 133 cm³/mol. The summed E-state index contributed by atoms with van der Waals surface area (Å²) in [6.07, 6.45) is 3.28. The van der Waals surface area contributed by atoms with Gasteiger partial charge in [0.25, 0.3) is 5.56 Å². The van der Waals surface area contributed by atoms with Crippen molar-refractivity contribution in [3.8, 4) is 5.69 Å². The van der Waals surface area contributed by atoms with Crippen molar-refractivity contribution in [2.75, 3.05) is 31.1 Å². The van der Waals surface area contributed by atoms with Crippen molar-refractivity contribution in [2.45, 2.75) is 19.9 Å². The molecule has 9 heteroatoms. The van der Waals surface area contributed by atoms with E-state index in [-0.39, 0.29) is 24.4 Å². The second-order valence-corrected chi connectivity index (χ2v) is 8.85. The second-order valence-electron chi connectivity index (χ2n) is 8.44. The van der Waals surface area contributed by atoms with Gasteiger partial charge in [0.15, 0.2) is 5.65 Å². The van der Waals surface area contributed by atoms with Crippen molar-refractivity contribution < 1.29 is 4.79 Å². The average molecular weight is 477 g/mol. The Bertz CT molecular complexity index is 1390. The van der Waals surface area contributed by atoms with Gasteiger partial charge in [-0.3, -0.25) is 14.2 Å². The quantitative estimate of drug-likeness (QED) is 0.442. The number of aryl methyl sites for hydroxylation is 2. The lowest BCUT2D eigenvalue weighted by Gasteiger charge is -2.36. The van der Waals surface area contributed by atoms with Gasteiger partial charge in [0.2, 0.25) is 5.91 Å². The number of para-hydroxylation sites is 1. The number of halogens is 1. The van der Waals surface area contributed by atoms with Gasteiger partial charge in [-0.2, -0.15) is 5.10 Å². The van der Waals surface area contributed by atoms with Gasteiger partial charge in [0.05, 0.1) is 28.9 Å². The van der Waals surface area contributed by atoms with Gasteiger partial charge < -0.3 is 9.80 Å². The molecule has 0 saturated carbocycles. The molecular weight excluding hydrogens is 452 g/mol. The van der Waals surface area contributed by atoms with Gasteiger partial charge in [-0.25, -0.2) is 9.67 Å². The number of fused-ring (bicyclic) bond motifs is 1. The molecule has 174 valence electrons. The van der Waals surface area contributed by atoms with Crippen LogP contribution >= 0.6 is 11.6 Å². The Hall–Kier alpha value is -3.65. The van der Waals surface area contributed by atoms with E-state index < -0.39 is 0 Å². The van der Waals surface area contributed by atoms with Crippen LogP contribution in [0.25, 0.3) is 16.7 Å². The van der Waals surface area contributed by atoms with Crippen molar-refractivity contribution in [3.63, 3.8) is 0 Å². The van der Waals surface area contributed by atoms with Crippen molar-refractivity contribution >= 4 is 34.2 Å². The van der Waals surface area contributed by atoms with Gasteiger partial charge in [0, 0.05) is 39.1 Å². The first kappa shape index (κ1) is 22.2. The minimum Gasteiger partial charge on any atom is -0.367 e. The predicted octanol–water partition coefficient (Wildman–Crippen LogP) is 3.28. The van der Waals surface area contributed by atoms with Crippen LogP contribution in [-0.2, 0) is 11.3 Å². The van der Waals surface area contributed by atoms with Crippen LogP contribution in [0, 0.1) is 6.92 Å². The molecule has 0 unspecified atom stereocenters. The summed E-state index contributed by atoms with van der Waals surface area (Å²) in [7, 11) is 0. The van der Waals surface area contributed by atoms with Crippen LogP contribution in [0.1, 0.15) is 12.0 Å². The van der Waals surface area contributed by atoms with Crippen LogP contribution in [-0.4, -0.2) is 56.3 Å². The molecule has 0 spiro atoms. The molecule has 0 radical (unpaired) electrons. The second kappa shape index (κ2) is 9.30. The summed E-state index contributed by atoms with van der Waals surface area (Å²) in [5, 5.41) is 5.51. The van der Waals surface area contributed by atoms with E-state index in [1.165, 1.54) is 17.1 Å². The standard InChI is InChI=1S/C25H25ClN6O2/c1-18-6-8-19(9-7-18)32-24-20(16-28-32)25(34)31(17-27-24)11-10-23(33)30-14-12-29(13-15-30)22-5-3-2-4-21(22)26/h2-9,16-17H,10-15H2,1H3. The molecule has 8 nitrogen and oxygen atoms in total. The monoisotopic (exact) mass is 476 g/mol. The van der Waals surface area contributed by atoms with Crippen molar-refractivity contribution in [3.05, 3.63) is 82.0 Å². The summed E-state index contributed by atoms with van der Waals surface area (Å²) in [5.74, 6) is 0.0288. The minimum absolute atomic E-state index is 0.0288. The van der Waals surface area contributed by atoms with Crippen LogP contribution in [0.4, 0.5) is 5.69 Å². The fourth-order valence-corrected chi connectivity index (χ4v) is 4.52. The Balaban J connectivity index is 1.23. The number of hydrogen-bond acceptors (Lipinski definition) is 5. The Morgan fingerprint density at radius 3 is 2.50 bits per heavy atom. The Kier molecular flexibility index (Phi) is 6.06. The smallest absolute Gasteiger partial charge is 0.264 e.